The standard InChI is InChI=1S/C11H22N2O2S/c1-8-4-6-12-10(8)11(14)13-7-5-9(2)16(3)15/h8-10,12H,4-7H2,1-3H3,(H,13,14). The van der Waals surface area contributed by atoms with Crippen molar-refractivity contribution in [3.63, 3.8) is 0 Å². The molecule has 1 rings (SSSR count). The summed E-state index contributed by atoms with van der Waals surface area (Å²) in [7, 11) is -0.801. The van der Waals surface area contributed by atoms with Gasteiger partial charge in [0.1, 0.15) is 0 Å². The Morgan fingerprint density at radius 2 is 2.31 bits per heavy atom. The van der Waals surface area contributed by atoms with Gasteiger partial charge in [-0.25, -0.2) is 0 Å². The van der Waals surface area contributed by atoms with E-state index in [4.69, 9.17) is 0 Å². The van der Waals surface area contributed by atoms with Gasteiger partial charge in [-0.15, -0.1) is 0 Å². The molecule has 1 aliphatic heterocycles. The van der Waals surface area contributed by atoms with Crippen molar-refractivity contribution in [3.05, 3.63) is 0 Å². The maximum absolute atomic E-state index is 11.8. The number of carbonyl (C=O) groups excluding carboxylic acids is 1. The Balaban J connectivity index is 2.22. The molecule has 1 aliphatic rings. The molecule has 5 heteroatoms. The van der Waals surface area contributed by atoms with E-state index in [0.717, 1.165) is 19.4 Å². The smallest absolute Gasteiger partial charge is 0.237 e. The second-order valence-corrected chi connectivity index (χ2v) is 6.39. The lowest BCUT2D eigenvalue weighted by Crippen LogP contribution is -2.44. The molecule has 0 aromatic rings. The number of carbonyl (C=O) groups is 1. The molecule has 0 bridgehead atoms. The lowest BCUT2D eigenvalue weighted by atomic mass is 10.0. The first-order valence-corrected chi connectivity index (χ1v) is 7.47. The van der Waals surface area contributed by atoms with Gasteiger partial charge in [-0.2, -0.15) is 0 Å². The van der Waals surface area contributed by atoms with Gasteiger partial charge in [0.15, 0.2) is 0 Å². The fourth-order valence-corrected chi connectivity index (χ4v) is 2.31. The van der Waals surface area contributed by atoms with Gasteiger partial charge >= 0.3 is 0 Å². The van der Waals surface area contributed by atoms with Crippen molar-refractivity contribution in [1.29, 1.82) is 0 Å². The third-order valence-electron chi connectivity index (χ3n) is 3.23. The zero-order valence-electron chi connectivity index (χ0n) is 10.3. The van der Waals surface area contributed by atoms with E-state index in [1.807, 2.05) is 6.92 Å². The predicted octanol–water partition coefficient (Wildman–Crippen LogP) is 0.258. The maximum atomic E-state index is 11.8. The molecule has 1 fully saturated rings. The van der Waals surface area contributed by atoms with Crippen LogP contribution in [0.3, 0.4) is 0 Å². The number of nitrogens with one attached hydrogen (secondary N) is 2. The van der Waals surface area contributed by atoms with Crippen LogP contribution in [0.4, 0.5) is 0 Å². The summed E-state index contributed by atoms with van der Waals surface area (Å²) in [5.41, 5.74) is 0. The quantitative estimate of drug-likeness (QED) is 0.731. The molecule has 2 N–H and O–H groups in total. The minimum Gasteiger partial charge on any atom is -0.355 e. The molecule has 0 saturated carbocycles. The highest BCUT2D eigenvalue weighted by Gasteiger charge is 2.28. The second-order valence-electron chi connectivity index (χ2n) is 4.59. The summed E-state index contributed by atoms with van der Waals surface area (Å²) in [6.45, 7) is 5.58. The SMILES string of the molecule is CC1CCNC1C(=O)NCCC(C)S(C)=O. The normalized spacial score (nSPS) is 28.7. The molecule has 0 aromatic heterocycles. The van der Waals surface area contributed by atoms with Gasteiger partial charge in [0.05, 0.1) is 6.04 Å². The van der Waals surface area contributed by atoms with Crippen LogP contribution < -0.4 is 10.6 Å². The van der Waals surface area contributed by atoms with Crippen LogP contribution in [0.5, 0.6) is 0 Å². The summed E-state index contributed by atoms with van der Waals surface area (Å²) in [4.78, 5) is 11.8. The van der Waals surface area contributed by atoms with Gasteiger partial charge in [0.2, 0.25) is 5.91 Å². The van der Waals surface area contributed by atoms with Crippen LogP contribution in [0.25, 0.3) is 0 Å². The Kier molecular flexibility index (Phi) is 5.41. The first kappa shape index (κ1) is 13.6. The van der Waals surface area contributed by atoms with E-state index >= 15 is 0 Å². The average molecular weight is 246 g/mol. The molecule has 4 atom stereocenters. The second kappa shape index (κ2) is 6.35. The van der Waals surface area contributed by atoms with Crippen molar-refractivity contribution in [2.45, 2.75) is 38.0 Å². The van der Waals surface area contributed by atoms with Gasteiger partial charge in [0.25, 0.3) is 0 Å². The van der Waals surface area contributed by atoms with Crippen LogP contribution in [0.1, 0.15) is 26.7 Å². The molecule has 0 spiro atoms. The van der Waals surface area contributed by atoms with Gasteiger partial charge in [-0.05, 0) is 25.3 Å². The molecule has 1 amide bonds. The van der Waals surface area contributed by atoms with E-state index in [9.17, 15) is 9.00 Å². The fraction of sp³-hybridized carbons (Fsp3) is 0.909. The van der Waals surface area contributed by atoms with Crippen LogP contribution in [-0.4, -0.2) is 40.8 Å². The van der Waals surface area contributed by atoms with E-state index in [1.165, 1.54) is 0 Å². The molecule has 1 heterocycles. The molecular formula is C11H22N2O2S. The first-order valence-electron chi connectivity index (χ1n) is 5.85. The minimum absolute atomic E-state index is 0.0394. The maximum Gasteiger partial charge on any atom is 0.237 e. The molecule has 0 aromatic carbocycles. The Hall–Kier alpha value is -0.420. The topological polar surface area (TPSA) is 58.2 Å². The van der Waals surface area contributed by atoms with E-state index in [1.54, 1.807) is 6.26 Å². The molecule has 0 aliphatic carbocycles. The number of rotatable bonds is 5. The summed E-state index contributed by atoms with van der Waals surface area (Å²) in [5, 5.41) is 6.25. The van der Waals surface area contributed by atoms with Crippen molar-refractivity contribution in [3.8, 4) is 0 Å². The zero-order valence-corrected chi connectivity index (χ0v) is 11.1. The highest BCUT2D eigenvalue weighted by atomic mass is 32.2. The molecule has 4 nitrogen and oxygen atoms in total. The summed E-state index contributed by atoms with van der Waals surface area (Å²) in [5.74, 6) is 0.497. The fourth-order valence-electron chi connectivity index (χ4n) is 1.86. The van der Waals surface area contributed by atoms with Crippen LogP contribution >= 0.6 is 0 Å². The van der Waals surface area contributed by atoms with Crippen LogP contribution in [0.2, 0.25) is 0 Å². The van der Waals surface area contributed by atoms with Gasteiger partial charge < -0.3 is 10.6 Å². The Morgan fingerprint density at radius 3 is 2.81 bits per heavy atom. The van der Waals surface area contributed by atoms with Crippen molar-refractivity contribution >= 4 is 16.7 Å². The summed E-state index contributed by atoms with van der Waals surface area (Å²) in [6, 6.07) is -0.0394. The van der Waals surface area contributed by atoms with Crippen molar-refractivity contribution < 1.29 is 9.00 Å². The summed E-state index contributed by atoms with van der Waals surface area (Å²) in [6.07, 6.45) is 3.54. The first-order chi connectivity index (χ1) is 7.52. The van der Waals surface area contributed by atoms with Gasteiger partial charge in [0, 0.05) is 28.9 Å². The van der Waals surface area contributed by atoms with E-state index < -0.39 is 10.8 Å². The Labute approximate surface area is 100 Å². The Morgan fingerprint density at radius 1 is 1.62 bits per heavy atom. The Bertz CT molecular complexity index is 271. The van der Waals surface area contributed by atoms with Crippen molar-refractivity contribution in [2.24, 2.45) is 5.92 Å². The summed E-state index contributed by atoms with van der Waals surface area (Å²) < 4.78 is 11.1. The molecule has 4 unspecified atom stereocenters. The monoisotopic (exact) mass is 246 g/mol. The van der Waals surface area contributed by atoms with E-state index in [-0.39, 0.29) is 17.2 Å². The molecular weight excluding hydrogens is 224 g/mol. The van der Waals surface area contributed by atoms with Gasteiger partial charge in [-0.1, -0.05) is 13.8 Å². The van der Waals surface area contributed by atoms with Crippen molar-refractivity contribution in [1.82, 2.24) is 10.6 Å². The third-order valence-corrected chi connectivity index (χ3v) is 4.60. The minimum atomic E-state index is -0.801. The van der Waals surface area contributed by atoms with E-state index in [2.05, 4.69) is 17.6 Å². The molecule has 1 saturated heterocycles. The van der Waals surface area contributed by atoms with E-state index in [0.29, 0.717) is 12.5 Å². The lowest BCUT2D eigenvalue weighted by Gasteiger charge is -2.16. The molecule has 0 radical (unpaired) electrons. The number of hydrogen-bond acceptors (Lipinski definition) is 3. The van der Waals surface area contributed by atoms with Crippen molar-refractivity contribution in [2.75, 3.05) is 19.3 Å². The van der Waals surface area contributed by atoms with Crippen LogP contribution in [0, 0.1) is 5.92 Å². The molecule has 94 valence electrons. The highest BCUT2D eigenvalue weighted by molar-refractivity contribution is 7.84. The predicted molar refractivity (Wildman–Crippen MR) is 66.7 cm³/mol. The van der Waals surface area contributed by atoms with Crippen LogP contribution in [0.15, 0.2) is 0 Å². The third kappa shape index (κ3) is 3.87. The number of hydrogen-bond donors (Lipinski definition) is 2. The lowest BCUT2D eigenvalue weighted by molar-refractivity contribution is -0.123. The largest absolute Gasteiger partial charge is 0.355 e. The van der Waals surface area contributed by atoms with Crippen LogP contribution in [-0.2, 0) is 15.6 Å². The molecule has 16 heavy (non-hydrogen) atoms. The number of amides is 1. The van der Waals surface area contributed by atoms with Gasteiger partial charge in [-0.3, -0.25) is 9.00 Å². The zero-order chi connectivity index (χ0) is 12.1. The highest BCUT2D eigenvalue weighted by Crippen LogP contribution is 2.14. The average Bonchev–Trinajstić information content (AvgIpc) is 2.64. The summed E-state index contributed by atoms with van der Waals surface area (Å²) >= 11 is 0.